The van der Waals surface area contributed by atoms with Crippen LogP contribution in [0.2, 0.25) is 0 Å². The molecule has 1 aromatic heterocycles. The summed E-state index contributed by atoms with van der Waals surface area (Å²) in [4.78, 5) is 15.3. The van der Waals surface area contributed by atoms with E-state index in [-0.39, 0.29) is 11.1 Å². The van der Waals surface area contributed by atoms with E-state index in [9.17, 15) is 9.18 Å². The summed E-state index contributed by atoms with van der Waals surface area (Å²) in [7, 11) is 1.27. The third-order valence-corrected chi connectivity index (χ3v) is 2.39. The van der Waals surface area contributed by atoms with Crippen LogP contribution in [-0.4, -0.2) is 18.1 Å². The number of aromatic nitrogens is 1. The third-order valence-electron chi connectivity index (χ3n) is 2.39. The van der Waals surface area contributed by atoms with Gasteiger partial charge < -0.3 is 4.74 Å². The van der Waals surface area contributed by atoms with Gasteiger partial charge in [-0.15, -0.1) is 0 Å². The van der Waals surface area contributed by atoms with E-state index in [4.69, 9.17) is 0 Å². The molecule has 0 amide bonds. The Labute approximate surface area is 110 Å². The van der Waals surface area contributed by atoms with Crippen molar-refractivity contribution in [3.8, 4) is 11.8 Å². The maximum atomic E-state index is 13.6. The maximum Gasteiger partial charge on any atom is 0.337 e. The number of hydrogen-bond donors (Lipinski definition) is 0. The molecule has 94 valence electrons. The standard InChI is InChI=1S/C15H10FNO2/c1-19-15(18)13-6-7-14(16)12(9-13)5-4-11-3-2-8-17-10-11/h2-3,6-10H,1H3. The normalized spacial score (nSPS) is 9.37. The SMILES string of the molecule is COC(=O)c1ccc(F)c(C#Cc2cccnc2)c1. The second kappa shape index (κ2) is 5.78. The van der Waals surface area contributed by atoms with Crippen molar-refractivity contribution in [1.29, 1.82) is 0 Å². The molecule has 0 aliphatic rings. The van der Waals surface area contributed by atoms with Gasteiger partial charge in [0, 0.05) is 18.0 Å². The molecule has 2 aromatic rings. The van der Waals surface area contributed by atoms with E-state index in [0.717, 1.165) is 0 Å². The molecule has 0 unspecified atom stereocenters. The van der Waals surface area contributed by atoms with E-state index in [0.29, 0.717) is 5.56 Å². The molecule has 0 atom stereocenters. The van der Waals surface area contributed by atoms with Crippen LogP contribution in [-0.2, 0) is 4.74 Å². The van der Waals surface area contributed by atoms with Crippen LogP contribution in [0.5, 0.6) is 0 Å². The number of rotatable bonds is 1. The van der Waals surface area contributed by atoms with Gasteiger partial charge in [0.2, 0.25) is 0 Å². The van der Waals surface area contributed by atoms with Crippen LogP contribution in [0.15, 0.2) is 42.7 Å². The highest BCUT2D eigenvalue weighted by molar-refractivity contribution is 5.89. The fourth-order valence-electron chi connectivity index (χ4n) is 1.44. The van der Waals surface area contributed by atoms with Gasteiger partial charge in [0.1, 0.15) is 5.82 Å². The molecule has 0 N–H and O–H groups in total. The topological polar surface area (TPSA) is 39.2 Å². The van der Waals surface area contributed by atoms with Crippen molar-refractivity contribution < 1.29 is 13.9 Å². The van der Waals surface area contributed by atoms with Gasteiger partial charge in [-0.1, -0.05) is 11.8 Å². The van der Waals surface area contributed by atoms with Gasteiger partial charge in [-0.3, -0.25) is 4.98 Å². The number of hydrogen-bond acceptors (Lipinski definition) is 3. The molecule has 0 aliphatic carbocycles. The van der Waals surface area contributed by atoms with Gasteiger partial charge in [-0.25, -0.2) is 9.18 Å². The average Bonchev–Trinajstić information content (AvgIpc) is 2.46. The van der Waals surface area contributed by atoms with E-state index >= 15 is 0 Å². The van der Waals surface area contributed by atoms with E-state index in [1.165, 1.54) is 25.3 Å². The quantitative estimate of drug-likeness (QED) is 0.580. The first-order valence-corrected chi connectivity index (χ1v) is 5.50. The summed E-state index contributed by atoms with van der Waals surface area (Å²) < 4.78 is 18.1. The Hall–Kier alpha value is -2.67. The Kier molecular flexibility index (Phi) is 3.89. The van der Waals surface area contributed by atoms with Gasteiger partial charge >= 0.3 is 5.97 Å². The average molecular weight is 255 g/mol. The lowest BCUT2D eigenvalue weighted by atomic mass is 10.1. The second-order valence-corrected chi connectivity index (χ2v) is 3.68. The van der Waals surface area contributed by atoms with Crippen LogP contribution in [0.1, 0.15) is 21.5 Å². The lowest BCUT2D eigenvalue weighted by Crippen LogP contribution is -2.02. The fraction of sp³-hybridized carbons (Fsp3) is 0.0667. The highest BCUT2D eigenvalue weighted by atomic mass is 19.1. The zero-order valence-electron chi connectivity index (χ0n) is 10.2. The number of benzene rings is 1. The lowest BCUT2D eigenvalue weighted by molar-refractivity contribution is 0.0600. The monoisotopic (exact) mass is 255 g/mol. The third kappa shape index (κ3) is 3.17. The van der Waals surface area contributed by atoms with Crippen molar-refractivity contribution in [2.45, 2.75) is 0 Å². The predicted octanol–water partition coefficient (Wildman–Crippen LogP) is 2.41. The van der Waals surface area contributed by atoms with Crippen molar-refractivity contribution in [3.05, 3.63) is 65.2 Å². The molecule has 0 aliphatic heterocycles. The molecule has 0 radical (unpaired) electrons. The van der Waals surface area contributed by atoms with Crippen LogP contribution < -0.4 is 0 Å². The minimum atomic E-state index is -0.524. The number of carbonyl (C=O) groups excluding carboxylic acids is 1. The Morgan fingerprint density at radius 2 is 2.16 bits per heavy atom. The van der Waals surface area contributed by atoms with Crippen LogP contribution in [0, 0.1) is 17.7 Å². The first-order valence-electron chi connectivity index (χ1n) is 5.50. The molecule has 0 spiro atoms. The first-order chi connectivity index (χ1) is 9.20. The van der Waals surface area contributed by atoms with E-state index in [2.05, 4.69) is 21.6 Å². The van der Waals surface area contributed by atoms with Crippen LogP contribution in [0.4, 0.5) is 4.39 Å². The van der Waals surface area contributed by atoms with Crippen LogP contribution in [0.3, 0.4) is 0 Å². The molecular formula is C15H10FNO2. The van der Waals surface area contributed by atoms with Gasteiger partial charge in [0.15, 0.2) is 0 Å². The molecule has 19 heavy (non-hydrogen) atoms. The van der Waals surface area contributed by atoms with Gasteiger partial charge in [0.05, 0.1) is 18.2 Å². The predicted molar refractivity (Wildman–Crippen MR) is 68.0 cm³/mol. The summed E-state index contributed by atoms with van der Waals surface area (Å²) in [6.07, 6.45) is 3.21. The Morgan fingerprint density at radius 1 is 1.32 bits per heavy atom. The van der Waals surface area contributed by atoms with Gasteiger partial charge in [-0.2, -0.15) is 0 Å². The molecule has 0 bridgehead atoms. The molecule has 0 saturated heterocycles. The van der Waals surface area contributed by atoms with Crippen molar-refractivity contribution in [1.82, 2.24) is 4.98 Å². The molecule has 2 rings (SSSR count). The Morgan fingerprint density at radius 3 is 2.84 bits per heavy atom. The number of ether oxygens (including phenoxy) is 1. The first kappa shape index (κ1) is 12.8. The van der Waals surface area contributed by atoms with Crippen molar-refractivity contribution in [2.24, 2.45) is 0 Å². The number of methoxy groups -OCH3 is 1. The van der Waals surface area contributed by atoms with Crippen molar-refractivity contribution >= 4 is 5.97 Å². The van der Waals surface area contributed by atoms with E-state index in [1.54, 1.807) is 24.5 Å². The Balaban J connectivity index is 2.35. The lowest BCUT2D eigenvalue weighted by Gasteiger charge is -2.00. The molecule has 3 nitrogen and oxygen atoms in total. The largest absolute Gasteiger partial charge is 0.465 e. The van der Waals surface area contributed by atoms with E-state index in [1.807, 2.05) is 0 Å². The van der Waals surface area contributed by atoms with E-state index < -0.39 is 11.8 Å². The smallest absolute Gasteiger partial charge is 0.337 e. The summed E-state index contributed by atoms with van der Waals surface area (Å²) >= 11 is 0. The zero-order chi connectivity index (χ0) is 13.7. The van der Waals surface area contributed by atoms with Gasteiger partial charge in [-0.05, 0) is 30.3 Å². The highest BCUT2D eigenvalue weighted by Crippen LogP contribution is 2.10. The number of carbonyl (C=O) groups is 1. The summed E-state index contributed by atoms with van der Waals surface area (Å²) in [5, 5.41) is 0. The van der Waals surface area contributed by atoms with Crippen LogP contribution in [0.25, 0.3) is 0 Å². The van der Waals surface area contributed by atoms with Gasteiger partial charge in [0.25, 0.3) is 0 Å². The summed E-state index contributed by atoms with van der Waals surface area (Å²) in [6, 6.07) is 7.42. The number of nitrogens with zero attached hydrogens (tertiary/aromatic N) is 1. The summed E-state index contributed by atoms with van der Waals surface area (Å²) in [5.74, 6) is 4.45. The molecular weight excluding hydrogens is 245 g/mol. The number of esters is 1. The number of pyridine rings is 1. The Bertz CT molecular complexity index is 657. The fourth-order valence-corrected chi connectivity index (χ4v) is 1.44. The minimum Gasteiger partial charge on any atom is -0.465 e. The minimum absolute atomic E-state index is 0.145. The van der Waals surface area contributed by atoms with Crippen molar-refractivity contribution in [2.75, 3.05) is 7.11 Å². The highest BCUT2D eigenvalue weighted by Gasteiger charge is 2.08. The molecule has 1 heterocycles. The zero-order valence-corrected chi connectivity index (χ0v) is 10.2. The van der Waals surface area contributed by atoms with Crippen molar-refractivity contribution in [3.63, 3.8) is 0 Å². The maximum absolute atomic E-state index is 13.6. The second-order valence-electron chi connectivity index (χ2n) is 3.68. The molecule has 0 fully saturated rings. The summed E-state index contributed by atoms with van der Waals surface area (Å²) in [6.45, 7) is 0. The van der Waals surface area contributed by atoms with Crippen LogP contribution >= 0.6 is 0 Å². The number of halogens is 1. The summed E-state index contributed by atoms with van der Waals surface area (Å²) in [5.41, 5.74) is 1.08. The molecule has 0 saturated carbocycles. The molecule has 1 aromatic carbocycles. The molecule has 4 heteroatoms.